The first-order valence-corrected chi connectivity index (χ1v) is 9.38. The van der Waals surface area contributed by atoms with Gasteiger partial charge >= 0.3 is 0 Å². The van der Waals surface area contributed by atoms with E-state index in [-0.39, 0.29) is 23.8 Å². The number of nitrogens with one attached hydrogen (secondary N) is 1. The first-order chi connectivity index (χ1) is 12.9. The first-order valence-electron chi connectivity index (χ1n) is 8.11. The second-order valence-corrected chi connectivity index (χ2v) is 7.02. The lowest BCUT2D eigenvalue weighted by atomic mass is 10.1. The molecule has 8 nitrogen and oxygen atoms in total. The van der Waals surface area contributed by atoms with E-state index in [2.05, 4.69) is 0 Å². The normalized spacial score (nSPS) is 17.1. The summed E-state index contributed by atoms with van der Waals surface area (Å²) in [6.45, 7) is 1.91. The summed E-state index contributed by atoms with van der Waals surface area (Å²) in [4.78, 5) is 25.7. The first kappa shape index (κ1) is 19.0. The van der Waals surface area contributed by atoms with Gasteiger partial charge < -0.3 is 14.2 Å². The van der Waals surface area contributed by atoms with Crippen LogP contribution in [0.3, 0.4) is 0 Å². The van der Waals surface area contributed by atoms with Crippen molar-refractivity contribution < 1.29 is 28.3 Å². The monoisotopic (exact) mass is 390 g/mol. The van der Waals surface area contributed by atoms with Gasteiger partial charge in [0.2, 0.25) is 0 Å². The average molecular weight is 390 g/mol. The van der Waals surface area contributed by atoms with Crippen molar-refractivity contribution in [2.24, 2.45) is 0 Å². The fourth-order valence-electron chi connectivity index (χ4n) is 2.85. The molecular weight excluding hydrogens is 372 g/mol. The third kappa shape index (κ3) is 4.16. The molecule has 0 aliphatic carbocycles. The summed E-state index contributed by atoms with van der Waals surface area (Å²) in [5, 5.41) is 8.77. The lowest BCUT2D eigenvalue weighted by molar-refractivity contribution is -0.125. The minimum atomic E-state index is -1.91. The Kier molecular flexibility index (Phi) is 5.54. The van der Waals surface area contributed by atoms with Gasteiger partial charge in [-0.15, -0.1) is 0 Å². The fraction of sp³-hybridized carbons (Fsp3) is 0.222. The summed E-state index contributed by atoms with van der Waals surface area (Å²) >= 11 is -1.91. The smallest absolute Gasteiger partial charge is 0.274 e. The quantitative estimate of drug-likeness (QED) is 0.408. The maximum absolute atomic E-state index is 12.6. The number of hydroxylamine groups is 1. The second kappa shape index (κ2) is 7.87. The van der Waals surface area contributed by atoms with Crippen LogP contribution in [0.2, 0.25) is 0 Å². The van der Waals surface area contributed by atoms with Gasteiger partial charge in [0.25, 0.3) is 11.8 Å². The molecule has 0 aromatic heterocycles. The molecule has 0 saturated carbocycles. The predicted octanol–water partition coefficient (Wildman–Crippen LogP) is 1.84. The number of nitrogens with zero attached hydrogens (tertiary/aromatic N) is 1. The molecule has 27 heavy (non-hydrogen) atoms. The van der Waals surface area contributed by atoms with Crippen LogP contribution in [-0.2, 0) is 28.2 Å². The predicted molar refractivity (Wildman–Crippen MR) is 97.9 cm³/mol. The van der Waals surface area contributed by atoms with Crippen LogP contribution in [0.5, 0.6) is 5.75 Å². The summed E-state index contributed by atoms with van der Waals surface area (Å²) in [6.07, 6.45) is -0.721. The van der Waals surface area contributed by atoms with Gasteiger partial charge in [-0.05, 0) is 36.2 Å². The molecule has 3 N–H and O–H groups in total. The Bertz CT molecular complexity index is 899. The van der Waals surface area contributed by atoms with Gasteiger partial charge in [-0.1, -0.05) is 24.3 Å². The number of carbonyl (C=O) groups is 2. The number of amides is 2. The lowest BCUT2D eigenvalue weighted by Crippen LogP contribution is -2.44. The van der Waals surface area contributed by atoms with Crippen molar-refractivity contribution in [1.82, 2.24) is 5.48 Å². The van der Waals surface area contributed by atoms with Gasteiger partial charge in [-0.2, -0.15) is 0 Å². The molecule has 0 fully saturated rings. The second-order valence-electron chi connectivity index (χ2n) is 6.09. The summed E-state index contributed by atoms with van der Waals surface area (Å²) < 4.78 is 25.4. The van der Waals surface area contributed by atoms with Crippen LogP contribution in [-0.4, -0.2) is 31.9 Å². The molecule has 2 unspecified atom stereocenters. The van der Waals surface area contributed by atoms with Crippen LogP contribution in [0.25, 0.3) is 0 Å². The Morgan fingerprint density at radius 3 is 2.52 bits per heavy atom. The average Bonchev–Trinajstić information content (AvgIpc) is 2.65. The molecule has 1 aliphatic heterocycles. The van der Waals surface area contributed by atoms with Crippen molar-refractivity contribution in [3.8, 4) is 5.75 Å². The highest BCUT2D eigenvalue weighted by atomic mass is 32.2. The number of ether oxygens (including phenoxy) is 1. The Morgan fingerprint density at radius 2 is 1.89 bits per heavy atom. The van der Waals surface area contributed by atoms with Gasteiger partial charge in [0.15, 0.2) is 17.2 Å². The molecule has 0 spiro atoms. The molecule has 142 valence electrons. The topological polar surface area (TPSA) is 116 Å². The van der Waals surface area contributed by atoms with Crippen molar-refractivity contribution in [2.45, 2.75) is 25.3 Å². The highest BCUT2D eigenvalue weighted by Crippen LogP contribution is 2.36. The number of rotatable bonds is 5. The standard InChI is InChI=1S/C18H18N2O6S/c1-11-18(22)20(9-12-2-4-13(5-3-12)10-27(24)25)15-7-6-14(17(21)19-23)8-16(15)26-11/h2-8,11,23H,9-10H2,1H3,(H,19,21)(H,24,25). The summed E-state index contributed by atoms with van der Waals surface area (Å²) in [7, 11) is 0. The Balaban J connectivity index is 1.88. The third-order valence-corrected chi connectivity index (χ3v) is 4.77. The van der Waals surface area contributed by atoms with Crippen LogP contribution < -0.4 is 15.1 Å². The molecule has 0 bridgehead atoms. The molecule has 1 aliphatic rings. The lowest BCUT2D eigenvalue weighted by Gasteiger charge is -2.33. The number of fused-ring (bicyclic) bond motifs is 1. The van der Waals surface area contributed by atoms with E-state index in [0.29, 0.717) is 11.4 Å². The summed E-state index contributed by atoms with van der Waals surface area (Å²) in [6, 6.07) is 11.6. The van der Waals surface area contributed by atoms with E-state index in [9.17, 15) is 13.8 Å². The molecule has 9 heteroatoms. The highest BCUT2D eigenvalue weighted by Gasteiger charge is 2.32. The van der Waals surface area contributed by atoms with Crippen molar-refractivity contribution in [3.63, 3.8) is 0 Å². The summed E-state index contributed by atoms with van der Waals surface area (Å²) in [5.41, 5.74) is 3.86. The zero-order valence-corrected chi connectivity index (χ0v) is 15.2. The van der Waals surface area contributed by atoms with Gasteiger partial charge in [0, 0.05) is 5.56 Å². The van der Waals surface area contributed by atoms with E-state index < -0.39 is 23.1 Å². The van der Waals surface area contributed by atoms with Gasteiger partial charge in [-0.25, -0.2) is 9.69 Å². The largest absolute Gasteiger partial charge is 0.479 e. The van der Waals surface area contributed by atoms with Gasteiger partial charge in [-0.3, -0.25) is 14.8 Å². The molecule has 2 aromatic carbocycles. The van der Waals surface area contributed by atoms with Crippen LogP contribution in [0.1, 0.15) is 28.4 Å². The number of anilines is 1. The van der Waals surface area contributed by atoms with Gasteiger partial charge in [0.1, 0.15) is 5.75 Å². The van der Waals surface area contributed by atoms with E-state index >= 15 is 0 Å². The third-order valence-electron chi connectivity index (χ3n) is 4.19. The molecule has 0 saturated heterocycles. The number of benzene rings is 2. The maximum atomic E-state index is 12.6. The maximum Gasteiger partial charge on any atom is 0.274 e. The van der Waals surface area contributed by atoms with Crippen molar-refractivity contribution in [2.75, 3.05) is 4.90 Å². The molecule has 2 atom stereocenters. The molecule has 1 heterocycles. The van der Waals surface area contributed by atoms with Crippen molar-refractivity contribution in [1.29, 1.82) is 0 Å². The molecule has 2 amide bonds. The highest BCUT2D eigenvalue weighted by molar-refractivity contribution is 7.78. The van der Waals surface area contributed by atoms with Crippen molar-refractivity contribution in [3.05, 3.63) is 59.2 Å². The summed E-state index contributed by atoms with van der Waals surface area (Å²) in [5.74, 6) is -0.473. The molecule has 2 aromatic rings. The Labute approximate surface area is 158 Å². The van der Waals surface area contributed by atoms with E-state index in [1.165, 1.54) is 12.1 Å². The molecular formula is C18H18N2O6S. The number of carbonyl (C=O) groups excluding carboxylic acids is 2. The van der Waals surface area contributed by atoms with Crippen molar-refractivity contribution >= 4 is 28.6 Å². The SMILES string of the molecule is CC1Oc2cc(C(=O)NO)ccc2N(Cc2ccc(CS(=O)O)cc2)C1=O. The van der Waals surface area contributed by atoms with E-state index in [1.54, 1.807) is 47.6 Å². The zero-order chi connectivity index (χ0) is 19.6. The van der Waals surface area contributed by atoms with Crippen LogP contribution in [0, 0.1) is 0 Å². The van der Waals surface area contributed by atoms with E-state index in [4.69, 9.17) is 14.5 Å². The number of hydrogen-bond acceptors (Lipinski definition) is 5. The number of hydrogen-bond donors (Lipinski definition) is 3. The zero-order valence-electron chi connectivity index (χ0n) is 14.4. The van der Waals surface area contributed by atoms with E-state index in [1.807, 2.05) is 0 Å². The minimum absolute atomic E-state index is 0.0479. The van der Waals surface area contributed by atoms with E-state index in [0.717, 1.165) is 11.1 Å². The Hall–Kier alpha value is -2.75. The minimum Gasteiger partial charge on any atom is -0.479 e. The Morgan fingerprint density at radius 1 is 1.22 bits per heavy atom. The van der Waals surface area contributed by atoms with Crippen LogP contribution >= 0.6 is 0 Å². The molecule has 3 rings (SSSR count). The van der Waals surface area contributed by atoms with Gasteiger partial charge in [0.05, 0.1) is 18.0 Å². The van der Waals surface area contributed by atoms with Crippen LogP contribution in [0.15, 0.2) is 42.5 Å². The molecule has 0 radical (unpaired) electrons. The fourth-order valence-corrected chi connectivity index (χ4v) is 3.32. The van der Waals surface area contributed by atoms with Crippen LogP contribution in [0.4, 0.5) is 5.69 Å².